The van der Waals surface area contributed by atoms with Crippen molar-refractivity contribution >= 4 is 11.8 Å². The van der Waals surface area contributed by atoms with E-state index in [-0.39, 0.29) is 30.1 Å². The van der Waals surface area contributed by atoms with Crippen LogP contribution in [0.15, 0.2) is 74.7 Å². The van der Waals surface area contributed by atoms with Gasteiger partial charge in [0, 0.05) is 12.4 Å². The van der Waals surface area contributed by atoms with Gasteiger partial charge in [-0.25, -0.2) is 0 Å². The summed E-state index contributed by atoms with van der Waals surface area (Å²) in [5.41, 5.74) is 0.847. The van der Waals surface area contributed by atoms with Gasteiger partial charge in [-0.15, -0.1) is 0 Å². The van der Waals surface area contributed by atoms with Crippen molar-refractivity contribution in [3.05, 3.63) is 84.3 Å². The van der Waals surface area contributed by atoms with Crippen LogP contribution in [0, 0.1) is 0 Å². The zero-order valence-corrected chi connectivity index (χ0v) is 15.1. The van der Waals surface area contributed by atoms with Gasteiger partial charge in [0.05, 0.1) is 31.2 Å². The van der Waals surface area contributed by atoms with Crippen molar-refractivity contribution in [1.29, 1.82) is 0 Å². The standard InChI is InChI=1S/C20H16N4O5/c25-19(22-11-14-3-1-9-27-14)17-16(13-5-7-21-8-6-13)18(29-24-17)20(26)23-12-15-4-2-10-28-15/h1-10H,11-12H2,(H,22,25)(H,23,26). The molecule has 29 heavy (non-hydrogen) atoms. The monoisotopic (exact) mass is 392 g/mol. The molecule has 2 amide bonds. The minimum absolute atomic E-state index is 0.00842. The fourth-order valence-electron chi connectivity index (χ4n) is 2.71. The number of hydrogen-bond donors (Lipinski definition) is 2. The number of carbonyl (C=O) groups excluding carboxylic acids is 2. The zero-order valence-electron chi connectivity index (χ0n) is 15.1. The van der Waals surface area contributed by atoms with Gasteiger partial charge in [0.2, 0.25) is 5.76 Å². The lowest BCUT2D eigenvalue weighted by molar-refractivity contribution is 0.0903. The molecule has 0 atom stereocenters. The van der Waals surface area contributed by atoms with Crippen LogP contribution in [0.3, 0.4) is 0 Å². The Morgan fingerprint density at radius 2 is 1.48 bits per heavy atom. The fraction of sp³-hybridized carbons (Fsp3) is 0.100. The molecule has 4 rings (SSSR count). The highest BCUT2D eigenvalue weighted by atomic mass is 16.5. The van der Waals surface area contributed by atoms with E-state index < -0.39 is 11.8 Å². The van der Waals surface area contributed by atoms with E-state index in [2.05, 4.69) is 20.8 Å². The molecule has 0 unspecified atom stereocenters. The first kappa shape index (κ1) is 18.2. The second-order valence-corrected chi connectivity index (χ2v) is 6.00. The van der Waals surface area contributed by atoms with Gasteiger partial charge in [-0.1, -0.05) is 5.16 Å². The molecule has 2 N–H and O–H groups in total. The predicted molar refractivity (Wildman–Crippen MR) is 99.5 cm³/mol. The Balaban J connectivity index is 1.59. The molecule has 0 aliphatic rings. The number of aromatic nitrogens is 2. The van der Waals surface area contributed by atoms with E-state index in [0.717, 1.165) is 0 Å². The maximum Gasteiger partial charge on any atom is 0.290 e. The minimum atomic E-state index is -0.522. The minimum Gasteiger partial charge on any atom is -0.467 e. The summed E-state index contributed by atoms with van der Waals surface area (Å²) < 4.78 is 15.7. The molecule has 0 saturated carbocycles. The Morgan fingerprint density at radius 1 is 0.862 bits per heavy atom. The lowest BCUT2D eigenvalue weighted by Gasteiger charge is -2.05. The van der Waals surface area contributed by atoms with Crippen molar-refractivity contribution in [2.45, 2.75) is 13.1 Å². The summed E-state index contributed by atoms with van der Waals surface area (Å²) in [7, 11) is 0. The van der Waals surface area contributed by atoms with Gasteiger partial charge in [0.15, 0.2) is 5.69 Å². The van der Waals surface area contributed by atoms with Gasteiger partial charge in [-0.05, 0) is 42.0 Å². The van der Waals surface area contributed by atoms with Crippen LogP contribution < -0.4 is 10.6 Å². The molecule has 9 heteroatoms. The summed E-state index contributed by atoms with van der Waals surface area (Å²) in [5.74, 6) is 0.0715. The normalized spacial score (nSPS) is 10.6. The van der Waals surface area contributed by atoms with Crippen molar-refractivity contribution in [2.75, 3.05) is 0 Å². The highest BCUT2D eigenvalue weighted by Gasteiger charge is 2.27. The Kier molecular flexibility index (Phi) is 5.19. The van der Waals surface area contributed by atoms with Crippen LogP contribution in [0.5, 0.6) is 0 Å². The molecule has 4 heterocycles. The molecule has 0 aliphatic carbocycles. The van der Waals surface area contributed by atoms with E-state index in [1.54, 1.807) is 48.8 Å². The molecule has 0 aliphatic heterocycles. The van der Waals surface area contributed by atoms with Crippen molar-refractivity contribution in [3.63, 3.8) is 0 Å². The molecule has 0 radical (unpaired) electrons. The molecule has 0 fully saturated rings. The highest BCUT2D eigenvalue weighted by Crippen LogP contribution is 2.27. The predicted octanol–water partition coefficient (Wildman–Crippen LogP) is 2.78. The van der Waals surface area contributed by atoms with Crippen LogP contribution in [0.25, 0.3) is 11.1 Å². The third-order valence-electron chi connectivity index (χ3n) is 4.09. The Labute approximate surface area is 164 Å². The quantitative estimate of drug-likeness (QED) is 0.496. The summed E-state index contributed by atoms with van der Waals surface area (Å²) >= 11 is 0. The zero-order chi connectivity index (χ0) is 20.1. The number of nitrogens with one attached hydrogen (secondary N) is 2. The molecule has 0 saturated heterocycles. The van der Waals surface area contributed by atoms with Gasteiger partial charge >= 0.3 is 0 Å². The molecule has 9 nitrogen and oxygen atoms in total. The first-order chi connectivity index (χ1) is 14.2. The second kappa shape index (κ2) is 8.26. The van der Waals surface area contributed by atoms with Crippen molar-refractivity contribution in [2.24, 2.45) is 0 Å². The van der Waals surface area contributed by atoms with Gasteiger partial charge in [0.25, 0.3) is 11.8 Å². The summed E-state index contributed by atoms with van der Waals surface area (Å²) in [5, 5.41) is 9.23. The van der Waals surface area contributed by atoms with Crippen molar-refractivity contribution in [3.8, 4) is 11.1 Å². The van der Waals surface area contributed by atoms with Crippen molar-refractivity contribution < 1.29 is 22.9 Å². The summed E-state index contributed by atoms with van der Waals surface area (Å²) in [6, 6.07) is 10.2. The average molecular weight is 392 g/mol. The highest BCUT2D eigenvalue weighted by molar-refractivity contribution is 6.06. The first-order valence-corrected chi connectivity index (χ1v) is 8.73. The summed E-state index contributed by atoms with van der Waals surface area (Å²) in [4.78, 5) is 29.3. The van der Waals surface area contributed by atoms with E-state index in [1.165, 1.54) is 12.5 Å². The first-order valence-electron chi connectivity index (χ1n) is 8.73. The summed E-state index contributed by atoms with van der Waals surface area (Å²) in [6.45, 7) is 0.344. The number of pyridine rings is 1. The Hall–Kier alpha value is -4.14. The maximum atomic E-state index is 12.7. The Morgan fingerprint density at radius 3 is 2.07 bits per heavy atom. The largest absolute Gasteiger partial charge is 0.467 e. The van der Waals surface area contributed by atoms with Crippen LogP contribution in [0.4, 0.5) is 0 Å². The van der Waals surface area contributed by atoms with Crippen LogP contribution in [-0.2, 0) is 13.1 Å². The van der Waals surface area contributed by atoms with Gasteiger partial charge in [-0.3, -0.25) is 14.6 Å². The van der Waals surface area contributed by atoms with Crippen LogP contribution in [-0.4, -0.2) is 22.0 Å². The smallest absolute Gasteiger partial charge is 0.290 e. The van der Waals surface area contributed by atoms with E-state index in [1.807, 2.05) is 0 Å². The molecule has 0 spiro atoms. The lowest BCUT2D eigenvalue weighted by Crippen LogP contribution is -2.25. The topological polar surface area (TPSA) is 123 Å². The van der Waals surface area contributed by atoms with Gasteiger partial charge < -0.3 is 24.0 Å². The lowest BCUT2D eigenvalue weighted by atomic mass is 10.0. The third kappa shape index (κ3) is 4.08. The number of nitrogens with zero attached hydrogens (tertiary/aromatic N) is 2. The SMILES string of the molecule is O=C(NCc1ccco1)c1noc(C(=O)NCc2ccco2)c1-c1ccncc1. The van der Waals surface area contributed by atoms with E-state index in [9.17, 15) is 9.59 Å². The number of amides is 2. The van der Waals surface area contributed by atoms with E-state index >= 15 is 0 Å². The number of hydrogen-bond acceptors (Lipinski definition) is 7. The van der Waals surface area contributed by atoms with Crippen LogP contribution >= 0.6 is 0 Å². The number of carbonyl (C=O) groups is 2. The summed E-state index contributed by atoms with van der Waals surface area (Å²) in [6.07, 6.45) is 6.13. The van der Waals surface area contributed by atoms with E-state index in [4.69, 9.17) is 13.4 Å². The number of furan rings is 2. The van der Waals surface area contributed by atoms with Crippen LogP contribution in [0.2, 0.25) is 0 Å². The molecule has 4 aromatic heterocycles. The van der Waals surface area contributed by atoms with E-state index in [0.29, 0.717) is 17.1 Å². The molecular formula is C20H16N4O5. The van der Waals surface area contributed by atoms with Gasteiger partial charge in [0.1, 0.15) is 11.5 Å². The van der Waals surface area contributed by atoms with Crippen LogP contribution in [0.1, 0.15) is 32.6 Å². The fourth-order valence-corrected chi connectivity index (χ4v) is 2.71. The maximum absolute atomic E-state index is 12.7. The Bertz CT molecular complexity index is 1020. The average Bonchev–Trinajstić information content (AvgIpc) is 3.52. The molecule has 0 bridgehead atoms. The van der Waals surface area contributed by atoms with Crippen molar-refractivity contribution in [1.82, 2.24) is 20.8 Å². The molecule has 4 aromatic rings. The molecular weight excluding hydrogens is 376 g/mol. The second-order valence-electron chi connectivity index (χ2n) is 6.00. The molecule has 0 aromatic carbocycles. The van der Waals surface area contributed by atoms with Gasteiger partial charge in [-0.2, -0.15) is 0 Å². The molecule has 146 valence electrons. The number of rotatable bonds is 7. The third-order valence-corrected chi connectivity index (χ3v) is 4.09.